The molecule has 1 aliphatic heterocycles. The summed E-state index contributed by atoms with van der Waals surface area (Å²) in [6.45, 7) is 5.41. The summed E-state index contributed by atoms with van der Waals surface area (Å²) in [6.07, 6.45) is 2.46. The molecule has 0 saturated carbocycles. The Morgan fingerprint density at radius 1 is 1.15 bits per heavy atom. The minimum absolute atomic E-state index is 0.449. The van der Waals surface area contributed by atoms with Gasteiger partial charge in [-0.2, -0.15) is 0 Å². The van der Waals surface area contributed by atoms with Gasteiger partial charge in [0.2, 0.25) is 0 Å². The van der Waals surface area contributed by atoms with Crippen molar-refractivity contribution in [2.45, 2.75) is 6.42 Å². The lowest BCUT2D eigenvalue weighted by molar-refractivity contribution is 0.0378. The van der Waals surface area contributed by atoms with E-state index in [0.717, 1.165) is 45.8 Å². The number of halogens is 2. The van der Waals surface area contributed by atoms with Crippen molar-refractivity contribution in [3.8, 4) is 0 Å². The summed E-state index contributed by atoms with van der Waals surface area (Å²) in [6, 6.07) is 5.19. The van der Waals surface area contributed by atoms with Crippen LogP contribution in [0.1, 0.15) is 6.42 Å². The van der Waals surface area contributed by atoms with Crippen molar-refractivity contribution in [2.75, 3.05) is 55.8 Å². The van der Waals surface area contributed by atoms with Crippen LogP contribution in [0.4, 0.5) is 23.0 Å². The highest BCUT2D eigenvalue weighted by Crippen LogP contribution is 2.31. The number of nitrogen functional groups attached to an aromatic ring is 1. The fourth-order valence-electron chi connectivity index (χ4n) is 2.69. The molecule has 1 saturated heterocycles. The van der Waals surface area contributed by atoms with Gasteiger partial charge in [-0.15, -0.1) is 0 Å². The van der Waals surface area contributed by atoms with Crippen molar-refractivity contribution in [3.05, 3.63) is 34.6 Å². The Hall–Kier alpha value is -1.80. The number of hydrogen-bond donors (Lipinski definition) is 3. The summed E-state index contributed by atoms with van der Waals surface area (Å²) in [7, 11) is 0. The van der Waals surface area contributed by atoms with Gasteiger partial charge in [-0.1, -0.05) is 23.2 Å². The second-order valence-electron chi connectivity index (χ2n) is 5.97. The number of ether oxygens (including phenoxy) is 1. The lowest BCUT2D eigenvalue weighted by atomic mass is 10.3. The number of nitrogens with two attached hydrogens (primary N) is 1. The zero-order valence-corrected chi connectivity index (χ0v) is 15.9. The molecule has 0 atom stereocenters. The first-order valence-corrected chi connectivity index (χ1v) is 9.25. The van der Waals surface area contributed by atoms with E-state index < -0.39 is 0 Å². The molecule has 0 spiro atoms. The lowest BCUT2D eigenvalue weighted by Crippen LogP contribution is -2.37. The largest absolute Gasteiger partial charge is 0.393 e. The molecule has 0 unspecified atom stereocenters. The molecule has 4 N–H and O–H groups in total. The van der Waals surface area contributed by atoms with Gasteiger partial charge in [-0.3, -0.25) is 4.90 Å². The highest BCUT2D eigenvalue weighted by atomic mass is 35.5. The predicted molar refractivity (Wildman–Crippen MR) is 107 cm³/mol. The summed E-state index contributed by atoms with van der Waals surface area (Å²) >= 11 is 12.1. The molecule has 1 aromatic heterocycles. The van der Waals surface area contributed by atoms with E-state index in [0.29, 0.717) is 33.1 Å². The normalized spacial score (nSPS) is 15.0. The monoisotopic (exact) mass is 396 g/mol. The lowest BCUT2D eigenvalue weighted by Gasteiger charge is -2.26. The second-order valence-corrected chi connectivity index (χ2v) is 6.81. The van der Waals surface area contributed by atoms with Gasteiger partial charge in [0.1, 0.15) is 12.0 Å². The number of aromatic nitrogens is 2. The first-order chi connectivity index (χ1) is 12.6. The quantitative estimate of drug-likeness (QED) is 0.618. The van der Waals surface area contributed by atoms with E-state index in [1.807, 2.05) is 0 Å². The minimum atomic E-state index is 0.449. The summed E-state index contributed by atoms with van der Waals surface area (Å²) < 4.78 is 5.35. The average molecular weight is 397 g/mol. The Bertz CT molecular complexity index is 739. The standard InChI is InChI=1S/C17H22Cl2N6O/c18-12-2-3-14(13(19)10-12)24-17-15(20)16(22-11-23-17)21-4-1-5-25-6-8-26-9-7-25/h2-3,10-11H,1,4-9,20H2,(H2,21,22,23,24). The van der Waals surface area contributed by atoms with Crippen LogP contribution in [0.3, 0.4) is 0 Å². The van der Waals surface area contributed by atoms with Crippen LogP contribution < -0.4 is 16.4 Å². The number of nitrogens with zero attached hydrogens (tertiary/aromatic N) is 3. The number of rotatable bonds is 7. The van der Waals surface area contributed by atoms with E-state index in [9.17, 15) is 0 Å². The summed E-state index contributed by atoms with van der Waals surface area (Å²) in [5.41, 5.74) is 7.32. The van der Waals surface area contributed by atoms with Gasteiger partial charge in [-0.05, 0) is 31.2 Å². The molecular formula is C17H22Cl2N6O. The molecule has 0 radical (unpaired) electrons. The molecule has 2 heterocycles. The maximum atomic E-state index is 6.19. The molecule has 26 heavy (non-hydrogen) atoms. The van der Waals surface area contributed by atoms with Crippen LogP contribution in [0, 0.1) is 0 Å². The van der Waals surface area contributed by atoms with Crippen molar-refractivity contribution < 1.29 is 4.74 Å². The average Bonchev–Trinajstić information content (AvgIpc) is 2.64. The van der Waals surface area contributed by atoms with Crippen molar-refractivity contribution in [1.29, 1.82) is 0 Å². The molecule has 9 heteroatoms. The third-order valence-electron chi connectivity index (χ3n) is 4.12. The molecular weight excluding hydrogens is 375 g/mol. The Labute approximate surface area is 162 Å². The van der Waals surface area contributed by atoms with E-state index >= 15 is 0 Å². The van der Waals surface area contributed by atoms with Gasteiger partial charge in [0.15, 0.2) is 11.6 Å². The highest BCUT2D eigenvalue weighted by molar-refractivity contribution is 6.36. The van der Waals surface area contributed by atoms with E-state index in [-0.39, 0.29) is 0 Å². The molecule has 3 rings (SSSR count). The molecule has 7 nitrogen and oxygen atoms in total. The van der Waals surface area contributed by atoms with Crippen molar-refractivity contribution in [2.24, 2.45) is 0 Å². The third kappa shape index (κ3) is 5.11. The molecule has 2 aromatic rings. The van der Waals surface area contributed by atoms with Crippen LogP contribution >= 0.6 is 23.2 Å². The van der Waals surface area contributed by atoms with Crippen molar-refractivity contribution >= 4 is 46.2 Å². The summed E-state index contributed by atoms with van der Waals surface area (Å²) in [5.74, 6) is 1.11. The predicted octanol–water partition coefficient (Wildman–Crippen LogP) is 3.24. The van der Waals surface area contributed by atoms with E-state index in [2.05, 4.69) is 25.5 Å². The first-order valence-electron chi connectivity index (χ1n) is 8.50. The highest BCUT2D eigenvalue weighted by Gasteiger charge is 2.11. The molecule has 1 aliphatic rings. The smallest absolute Gasteiger partial charge is 0.159 e. The molecule has 0 amide bonds. The fraction of sp³-hybridized carbons (Fsp3) is 0.412. The zero-order chi connectivity index (χ0) is 18.4. The van der Waals surface area contributed by atoms with Crippen LogP contribution in [0.2, 0.25) is 10.0 Å². The second kappa shape index (κ2) is 9.23. The maximum absolute atomic E-state index is 6.19. The molecule has 1 aromatic carbocycles. The Morgan fingerprint density at radius 3 is 2.69 bits per heavy atom. The first kappa shape index (κ1) is 19.0. The van der Waals surface area contributed by atoms with Crippen molar-refractivity contribution in [1.82, 2.24) is 14.9 Å². The number of benzene rings is 1. The molecule has 1 fully saturated rings. The zero-order valence-electron chi connectivity index (χ0n) is 14.3. The maximum Gasteiger partial charge on any atom is 0.159 e. The van der Waals surface area contributed by atoms with Crippen LogP contribution in [0.15, 0.2) is 24.5 Å². The van der Waals surface area contributed by atoms with Crippen LogP contribution in [0.5, 0.6) is 0 Å². The van der Waals surface area contributed by atoms with Crippen molar-refractivity contribution in [3.63, 3.8) is 0 Å². The Morgan fingerprint density at radius 2 is 1.92 bits per heavy atom. The topological polar surface area (TPSA) is 88.3 Å². The van der Waals surface area contributed by atoms with Crippen LogP contribution in [-0.4, -0.2) is 54.3 Å². The summed E-state index contributed by atoms with van der Waals surface area (Å²) in [4.78, 5) is 10.8. The SMILES string of the molecule is Nc1c(NCCCN2CCOCC2)ncnc1Nc1ccc(Cl)cc1Cl. The Balaban J connectivity index is 1.56. The number of nitrogens with one attached hydrogen (secondary N) is 2. The van der Waals surface area contributed by atoms with E-state index in [4.69, 9.17) is 33.7 Å². The van der Waals surface area contributed by atoms with Gasteiger partial charge in [0.25, 0.3) is 0 Å². The van der Waals surface area contributed by atoms with Gasteiger partial charge in [0.05, 0.1) is 23.9 Å². The molecule has 0 aliphatic carbocycles. The van der Waals surface area contributed by atoms with Gasteiger partial charge in [-0.25, -0.2) is 9.97 Å². The molecule has 0 bridgehead atoms. The van der Waals surface area contributed by atoms with Crippen LogP contribution in [0.25, 0.3) is 0 Å². The Kier molecular flexibility index (Phi) is 6.73. The van der Waals surface area contributed by atoms with E-state index in [1.54, 1.807) is 18.2 Å². The van der Waals surface area contributed by atoms with E-state index in [1.165, 1.54) is 6.33 Å². The van der Waals surface area contributed by atoms with Gasteiger partial charge >= 0.3 is 0 Å². The summed E-state index contributed by atoms with van der Waals surface area (Å²) in [5, 5.41) is 7.46. The number of anilines is 4. The van der Waals surface area contributed by atoms with Gasteiger partial charge in [0, 0.05) is 24.7 Å². The number of morpholine rings is 1. The minimum Gasteiger partial charge on any atom is -0.393 e. The number of hydrogen-bond acceptors (Lipinski definition) is 7. The van der Waals surface area contributed by atoms with Crippen LogP contribution in [-0.2, 0) is 4.74 Å². The molecule has 140 valence electrons. The van der Waals surface area contributed by atoms with Gasteiger partial charge < -0.3 is 21.1 Å². The third-order valence-corrected chi connectivity index (χ3v) is 4.66. The fourth-order valence-corrected chi connectivity index (χ4v) is 3.14.